The van der Waals surface area contributed by atoms with E-state index in [4.69, 9.17) is 0 Å². The molecule has 0 unspecified atom stereocenters. The van der Waals surface area contributed by atoms with Gasteiger partial charge in [-0.15, -0.1) is 11.3 Å². The van der Waals surface area contributed by atoms with Crippen LogP contribution in [0.5, 0.6) is 0 Å². The third kappa shape index (κ3) is 2.30. The second-order valence-electron chi connectivity index (χ2n) is 4.19. The van der Waals surface area contributed by atoms with Crippen molar-refractivity contribution in [2.45, 2.75) is 5.16 Å². The molecule has 1 N–H and O–H groups in total. The van der Waals surface area contributed by atoms with Crippen molar-refractivity contribution in [1.29, 1.82) is 0 Å². The quantitative estimate of drug-likeness (QED) is 0.456. The standard InChI is InChI=1S/C13H11N3O2S2/c1-16-12(18)11-9(4-6-19-11)15-13(16)20-7-10(17)8-3-2-5-14-8/h2-6,14H,7H2,1H3. The molecule has 3 rings (SSSR count). The van der Waals surface area contributed by atoms with Crippen LogP contribution in [0.15, 0.2) is 39.7 Å². The molecule has 0 amide bonds. The van der Waals surface area contributed by atoms with Gasteiger partial charge in [-0.1, -0.05) is 11.8 Å². The monoisotopic (exact) mass is 305 g/mol. The minimum atomic E-state index is -0.0696. The molecule has 0 aliphatic rings. The maximum Gasteiger partial charge on any atom is 0.271 e. The van der Waals surface area contributed by atoms with E-state index < -0.39 is 0 Å². The molecule has 0 spiro atoms. The molecule has 3 heterocycles. The van der Waals surface area contributed by atoms with E-state index >= 15 is 0 Å². The van der Waals surface area contributed by atoms with E-state index in [0.29, 0.717) is 21.1 Å². The van der Waals surface area contributed by atoms with Crippen LogP contribution in [0.25, 0.3) is 10.2 Å². The molecule has 0 saturated heterocycles. The molecule has 3 aromatic heterocycles. The minimum absolute atomic E-state index is 0.0142. The molecule has 0 saturated carbocycles. The molecular weight excluding hydrogens is 294 g/mol. The molecule has 20 heavy (non-hydrogen) atoms. The first-order chi connectivity index (χ1) is 9.66. The van der Waals surface area contributed by atoms with E-state index in [-0.39, 0.29) is 17.1 Å². The van der Waals surface area contributed by atoms with Crippen molar-refractivity contribution in [2.75, 3.05) is 5.75 Å². The van der Waals surface area contributed by atoms with Gasteiger partial charge in [0, 0.05) is 13.2 Å². The van der Waals surface area contributed by atoms with E-state index in [1.54, 1.807) is 25.4 Å². The van der Waals surface area contributed by atoms with Gasteiger partial charge in [0.05, 0.1) is 17.0 Å². The lowest BCUT2D eigenvalue weighted by Gasteiger charge is -2.06. The number of thioether (sulfide) groups is 1. The first-order valence-electron chi connectivity index (χ1n) is 5.90. The van der Waals surface area contributed by atoms with Gasteiger partial charge in [-0.2, -0.15) is 0 Å². The van der Waals surface area contributed by atoms with Crippen LogP contribution < -0.4 is 5.56 Å². The number of carbonyl (C=O) groups excluding carboxylic acids is 1. The Balaban J connectivity index is 1.86. The topological polar surface area (TPSA) is 67.8 Å². The molecular formula is C13H11N3O2S2. The molecule has 0 aliphatic heterocycles. The van der Waals surface area contributed by atoms with Crippen LogP contribution in [-0.2, 0) is 7.05 Å². The SMILES string of the molecule is Cn1c(SCC(=O)c2ccc[nH]2)nc2ccsc2c1=O. The summed E-state index contributed by atoms with van der Waals surface area (Å²) in [6.45, 7) is 0. The predicted molar refractivity (Wildman–Crippen MR) is 80.7 cm³/mol. The summed E-state index contributed by atoms with van der Waals surface area (Å²) in [5.41, 5.74) is 1.19. The largest absolute Gasteiger partial charge is 0.359 e. The van der Waals surface area contributed by atoms with E-state index in [2.05, 4.69) is 9.97 Å². The van der Waals surface area contributed by atoms with Crippen LogP contribution in [0.2, 0.25) is 0 Å². The second kappa shape index (κ2) is 5.26. The van der Waals surface area contributed by atoms with E-state index in [1.807, 2.05) is 11.4 Å². The number of Topliss-reactive ketones (excluding diaryl/α,β-unsaturated/α-hetero) is 1. The molecule has 0 radical (unpaired) electrons. The number of hydrogen-bond donors (Lipinski definition) is 1. The average Bonchev–Trinajstić information content (AvgIpc) is 3.11. The Labute approximate surface area is 122 Å². The number of aromatic nitrogens is 3. The zero-order chi connectivity index (χ0) is 14.1. The summed E-state index contributed by atoms with van der Waals surface area (Å²) in [6.07, 6.45) is 1.71. The van der Waals surface area contributed by atoms with Crippen molar-refractivity contribution in [1.82, 2.24) is 14.5 Å². The molecule has 7 heteroatoms. The predicted octanol–water partition coefficient (Wildman–Crippen LogP) is 2.30. The van der Waals surface area contributed by atoms with Crippen molar-refractivity contribution in [2.24, 2.45) is 7.05 Å². The first-order valence-corrected chi connectivity index (χ1v) is 7.77. The Kier molecular flexibility index (Phi) is 3.45. The number of hydrogen-bond acceptors (Lipinski definition) is 5. The fourth-order valence-electron chi connectivity index (χ4n) is 1.81. The van der Waals surface area contributed by atoms with Crippen LogP contribution in [0, 0.1) is 0 Å². The van der Waals surface area contributed by atoms with Gasteiger partial charge < -0.3 is 4.98 Å². The lowest BCUT2D eigenvalue weighted by atomic mass is 10.3. The van der Waals surface area contributed by atoms with Gasteiger partial charge in [0.25, 0.3) is 5.56 Å². The van der Waals surface area contributed by atoms with Gasteiger partial charge in [-0.25, -0.2) is 4.98 Å². The Morgan fingerprint density at radius 3 is 3.10 bits per heavy atom. The van der Waals surface area contributed by atoms with Gasteiger partial charge in [-0.05, 0) is 23.6 Å². The molecule has 5 nitrogen and oxygen atoms in total. The molecule has 3 aromatic rings. The average molecular weight is 305 g/mol. The number of thiophene rings is 1. The van der Waals surface area contributed by atoms with E-state index in [1.165, 1.54) is 27.7 Å². The summed E-state index contributed by atoms with van der Waals surface area (Å²) < 4.78 is 2.14. The minimum Gasteiger partial charge on any atom is -0.359 e. The Bertz CT molecular complexity index is 818. The Morgan fingerprint density at radius 1 is 1.50 bits per heavy atom. The van der Waals surface area contributed by atoms with Crippen molar-refractivity contribution in [3.8, 4) is 0 Å². The molecule has 102 valence electrons. The summed E-state index contributed by atoms with van der Waals surface area (Å²) in [5, 5.41) is 2.40. The van der Waals surface area contributed by atoms with Crippen molar-refractivity contribution in [3.63, 3.8) is 0 Å². The van der Waals surface area contributed by atoms with Crippen LogP contribution in [-0.4, -0.2) is 26.1 Å². The molecule has 0 bridgehead atoms. The molecule has 0 aliphatic carbocycles. The number of aromatic amines is 1. The normalized spacial score (nSPS) is 11.1. The Morgan fingerprint density at radius 2 is 2.35 bits per heavy atom. The third-order valence-corrected chi connectivity index (χ3v) is 4.80. The van der Waals surface area contributed by atoms with Gasteiger partial charge >= 0.3 is 0 Å². The number of fused-ring (bicyclic) bond motifs is 1. The molecule has 0 fully saturated rings. The molecule has 0 aromatic carbocycles. The van der Waals surface area contributed by atoms with Gasteiger partial charge in [-0.3, -0.25) is 14.2 Å². The van der Waals surface area contributed by atoms with Crippen LogP contribution >= 0.6 is 23.1 Å². The van der Waals surface area contributed by atoms with Crippen molar-refractivity contribution < 1.29 is 4.79 Å². The number of rotatable bonds is 4. The second-order valence-corrected chi connectivity index (χ2v) is 6.05. The van der Waals surface area contributed by atoms with Crippen LogP contribution in [0.3, 0.4) is 0 Å². The van der Waals surface area contributed by atoms with Crippen LogP contribution in [0.1, 0.15) is 10.5 Å². The Hall–Kier alpha value is -1.86. The number of H-pyrrole nitrogens is 1. The fraction of sp³-hybridized carbons (Fsp3) is 0.154. The number of carbonyl (C=O) groups is 1. The summed E-state index contributed by atoms with van der Waals surface area (Å²) in [6, 6.07) is 5.33. The number of nitrogens with zero attached hydrogens (tertiary/aromatic N) is 2. The highest BCUT2D eigenvalue weighted by molar-refractivity contribution is 7.99. The van der Waals surface area contributed by atoms with Crippen molar-refractivity contribution in [3.05, 3.63) is 45.8 Å². The smallest absolute Gasteiger partial charge is 0.271 e. The lowest BCUT2D eigenvalue weighted by Crippen LogP contribution is -2.19. The van der Waals surface area contributed by atoms with Gasteiger partial charge in [0.15, 0.2) is 10.9 Å². The maximum atomic E-state index is 12.1. The lowest BCUT2D eigenvalue weighted by molar-refractivity contribution is 0.101. The third-order valence-electron chi connectivity index (χ3n) is 2.88. The van der Waals surface area contributed by atoms with Gasteiger partial charge in [0.1, 0.15) is 4.70 Å². The van der Waals surface area contributed by atoms with Crippen LogP contribution in [0.4, 0.5) is 0 Å². The van der Waals surface area contributed by atoms with E-state index in [9.17, 15) is 9.59 Å². The summed E-state index contributed by atoms with van der Waals surface area (Å²) >= 11 is 2.65. The van der Waals surface area contributed by atoms with Gasteiger partial charge in [0.2, 0.25) is 0 Å². The zero-order valence-corrected chi connectivity index (χ0v) is 12.3. The number of nitrogens with one attached hydrogen (secondary N) is 1. The highest BCUT2D eigenvalue weighted by Gasteiger charge is 2.12. The summed E-state index contributed by atoms with van der Waals surface area (Å²) in [4.78, 5) is 31.3. The van der Waals surface area contributed by atoms with Crippen molar-refractivity contribution >= 4 is 39.1 Å². The maximum absolute atomic E-state index is 12.1. The highest BCUT2D eigenvalue weighted by atomic mass is 32.2. The zero-order valence-electron chi connectivity index (χ0n) is 10.6. The molecule has 0 atom stereocenters. The highest BCUT2D eigenvalue weighted by Crippen LogP contribution is 2.20. The van der Waals surface area contributed by atoms with E-state index in [0.717, 1.165) is 0 Å². The number of ketones is 1. The summed E-state index contributed by atoms with van der Waals surface area (Å²) in [5.74, 6) is 0.232. The fourth-order valence-corrected chi connectivity index (χ4v) is 3.47. The summed E-state index contributed by atoms with van der Waals surface area (Å²) in [7, 11) is 1.68. The first kappa shape index (κ1) is 13.1.